The van der Waals surface area contributed by atoms with Crippen LogP contribution in [0.15, 0.2) is 42.7 Å². The van der Waals surface area contributed by atoms with Gasteiger partial charge in [0.2, 0.25) is 0 Å². The first-order chi connectivity index (χ1) is 15.1. The fourth-order valence-electron chi connectivity index (χ4n) is 3.91. The zero-order chi connectivity index (χ0) is 21.4. The third kappa shape index (κ3) is 3.84. The quantitative estimate of drug-likeness (QED) is 0.483. The van der Waals surface area contributed by atoms with Crippen LogP contribution in [0.4, 0.5) is 0 Å². The number of fused-ring (bicyclic) bond motifs is 1. The summed E-state index contributed by atoms with van der Waals surface area (Å²) in [6, 6.07) is 9.84. The lowest BCUT2D eigenvalue weighted by Crippen LogP contribution is -2.35. The number of ether oxygens (including phenoxy) is 1. The Morgan fingerprint density at radius 1 is 1.23 bits per heavy atom. The maximum atomic E-state index is 13.2. The number of esters is 1. The molecule has 4 heterocycles. The summed E-state index contributed by atoms with van der Waals surface area (Å²) < 4.78 is 5.86. The largest absolute Gasteiger partial charge is 0.458 e. The van der Waals surface area contributed by atoms with Crippen molar-refractivity contribution in [3.63, 3.8) is 0 Å². The Hall–Kier alpha value is -3.10. The molecule has 1 aliphatic rings. The van der Waals surface area contributed by atoms with Gasteiger partial charge in [-0.05, 0) is 38.4 Å². The first kappa shape index (κ1) is 19.8. The van der Waals surface area contributed by atoms with Crippen molar-refractivity contribution in [1.29, 1.82) is 0 Å². The minimum Gasteiger partial charge on any atom is -0.458 e. The molecule has 8 heteroatoms. The highest BCUT2D eigenvalue weighted by Gasteiger charge is 2.27. The summed E-state index contributed by atoms with van der Waals surface area (Å²) >= 11 is 1.45. The molecule has 1 saturated heterocycles. The number of rotatable bonds is 4. The number of nitrogens with one attached hydrogen (secondary N) is 1. The zero-order valence-electron chi connectivity index (χ0n) is 17.5. The van der Waals surface area contributed by atoms with Crippen molar-refractivity contribution in [2.75, 3.05) is 20.1 Å². The van der Waals surface area contributed by atoms with Crippen molar-refractivity contribution < 1.29 is 9.53 Å². The molecule has 1 fully saturated rings. The van der Waals surface area contributed by atoms with Gasteiger partial charge in [0, 0.05) is 36.4 Å². The molecule has 0 amide bonds. The van der Waals surface area contributed by atoms with Crippen LogP contribution in [-0.2, 0) is 4.74 Å². The summed E-state index contributed by atoms with van der Waals surface area (Å²) in [5.41, 5.74) is 3.99. The van der Waals surface area contributed by atoms with Crippen molar-refractivity contribution >= 4 is 28.2 Å². The lowest BCUT2D eigenvalue weighted by molar-refractivity contribution is 0.0135. The van der Waals surface area contributed by atoms with Crippen LogP contribution < -0.4 is 0 Å². The van der Waals surface area contributed by atoms with E-state index in [0.29, 0.717) is 10.7 Å². The normalized spacial score (nSPS) is 15.4. The molecule has 0 atom stereocenters. The van der Waals surface area contributed by atoms with Crippen LogP contribution in [0.2, 0.25) is 0 Å². The number of hydrogen-bond acceptors (Lipinski definition) is 7. The number of para-hydroxylation sites is 1. The highest BCUT2D eigenvalue weighted by molar-refractivity contribution is 7.18. The van der Waals surface area contributed by atoms with Crippen molar-refractivity contribution in [3.05, 3.63) is 54.0 Å². The number of likely N-dealkylation sites (tertiary alicyclic amines) is 1. The number of nitrogens with zero attached hydrogens (tertiary/aromatic N) is 4. The fraction of sp³-hybridized carbons (Fsp3) is 0.304. The Balaban J connectivity index is 1.54. The number of pyridine rings is 1. The summed E-state index contributed by atoms with van der Waals surface area (Å²) in [4.78, 5) is 25.1. The van der Waals surface area contributed by atoms with Crippen LogP contribution >= 0.6 is 11.3 Å². The number of aromatic nitrogens is 4. The Kier molecular flexibility index (Phi) is 5.25. The summed E-state index contributed by atoms with van der Waals surface area (Å²) in [6.45, 7) is 3.88. The molecular formula is C23H23N5O2S. The van der Waals surface area contributed by atoms with Crippen LogP contribution in [0, 0.1) is 6.92 Å². The Morgan fingerprint density at radius 2 is 2.06 bits per heavy atom. The van der Waals surface area contributed by atoms with E-state index in [1.54, 1.807) is 12.4 Å². The summed E-state index contributed by atoms with van der Waals surface area (Å²) in [5, 5.41) is 9.27. The standard InChI is InChI=1S/C23H23N5O2S/c1-14-5-3-7-17-18(14)26-27-19(17)22-25-20(21(31-22)15-6-4-10-24-13-15)23(29)30-16-8-11-28(2)12-9-16/h3-7,10,13,16H,8-9,11-12H2,1-2H3,(H,26,27). The molecule has 0 aliphatic carbocycles. The fourth-order valence-corrected chi connectivity index (χ4v) is 4.96. The predicted molar refractivity (Wildman–Crippen MR) is 121 cm³/mol. The van der Waals surface area contributed by atoms with Gasteiger partial charge in [0.25, 0.3) is 0 Å². The minimum absolute atomic E-state index is 0.0776. The van der Waals surface area contributed by atoms with Crippen molar-refractivity contribution in [1.82, 2.24) is 25.1 Å². The van der Waals surface area contributed by atoms with Gasteiger partial charge in [-0.3, -0.25) is 10.1 Å². The molecule has 1 aliphatic heterocycles. The number of aryl methyl sites for hydroxylation is 1. The van der Waals surface area contributed by atoms with Crippen molar-refractivity contribution in [2.45, 2.75) is 25.9 Å². The van der Waals surface area contributed by atoms with Crippen molar-refractivity contribution in [2.24, 2.45) is 0 Å². The number of carbonyl (C=O) groups is 1. The average molecular weight is 434 g/mol. The van der Waals surface area contributed by atoms with Gasteiger partial charge >= 0.3 is 5.97 Å². The molecule has 7 nitrogen and oxygen atoms in total. The molecule has 0 radical (unpaired) electrons. The maximum absolute atomic E-state index is 13.2. The Bertz CT molecular complexity index is 1230. The number of hydrogen-bond donors (Lipinski definition) is 1. The second kappa shape index (κ2) is 8.20. The summed E-state index contributed by atoms with van der Waals surface area (Å²) in [6.07, 6.45) is 5.07. The monoisotopic (exact) mass is 433 g/mol. The van der Waals surface area contributed by atoms with Crippen LogP contribution in [0.3, 0.4) is 0 Å². The lowest BCUT2D eigenvalue weighted by atomic mass is 10.1. The number of aromatic amines is 1. The number of piperidine rings is 1. The van der Waals surface area contributed by atoms with E-state index >= 15 is 0 Å². The highest BCUT2D eigenvalue weighted by atomic mass is 32.1. The second-order valence-corrected chi connectivity index (χ2v) is 8.92. The molecule has 4 aromatic rings. The molecule has 0 bridgehead atoms. The van der Waals surface area contributed by atoms with Crippen LogP contribution in [0.5, 0.6) is 0 Å². The van der Waals surface area contributed by atoms with Crippen LogP contribution in [-0.4, -0.2) is 57.3 Å². The van der Waals surface area contributed by atoms with Gasteiger partial charge < -0.3 is 9.64 Å². The number of carbonyl (C=O) groups excluding carboxylic acids is 1. The topological polar surface area (TPSA) is 84.0 Å². The molecule has 0 saturated carbocycles. The van der Waals surface area contributed by atoms with E-state index in [1.807, 2.05) is 37.3 Å². The predicted octanol–water partition coefficient (Wildman–Crippen LogP) is 4.31. The first-order valence-corrected chi connectivity index (χ1v) is 11.2. The molecule has 158 valence electrons. The molecule has 1 aromatic carbocycles. The summed E-state index contributed by atoms with van der Waals surface area (Å²) in [5.74, 6) is -0.379. The minimum atomic E-state index is -0.379. The third-order valence-electron chi connectivity index (χ3n) is 5.68. The molecule has 31 heavy (non-hydrogen) atoms. The van der Waals surface area contributed by atoms with E-state index in [9.17, 15) is 4.79 Å². The van der Waals surface area contributed by atoms with Crippen molar-refractivity contribution in [3.8, 4) is 21.1 Å². The van der Waals surface area contributed by atoms with Gasteiger partial charge in [-0.15, -0.1) is 11.3 Å². The maximum Gasteiger partial charge on any atom is 0.358 e. The lowest BCUT2D eigenvalue weighted by Gasteiger charge is -2.28. The van der Waals surface area contributed by atoms with Crippen LogP contribution in [0.25, 0.3) is 32.0 Å². The molecule has 5 rings (SSSR count). The number of thiazole rings is 1. The second-order valence-electron chi connectivity index (χ2n) is 7.92. The first-order valence-electron chi connectivity index (χ1n) is 10.3. The van der Waals surface area contributed by atoms with Gasteiger partial charge in [0.15, 0.2) is 5.69 Å². The highest BCUT2D eigenvalue weighted by Crippen LogP contribution is 2.38. The Labute approximate surface area is 184 Å². The zero-order valence-corrected chi connectivity index (χ0v) is 18.3. The SMILES string of the molecule is Cc1cccc2c(-c3nc(C(=O)OC4CCN(C)CC4)c(-c4cccnc4)s3)[nH]nc12. The third-order valence-corrected chi connectivity index (χ3v) is 6.81. The van der Waals surface area contributed by atoms with Crippen LogP contribution in [0.1, 0.15) is 28.9 Å². The van der Waals surface area contributed by atoms with E-state index < -0.39 is 0 Å². The van der Waals surface area contributed by atoms with E-state index in [2.05, 4.69) is 27.1 Å². The van der Waals surface area contributed by atoms with E-state index in [1.165, 1.54) is 11.3 Å². The Morgan fingerprint density at radius 3 is 2.84 bits per heavy atom. The van der Waals surface area contributed by atoms with E-state index in [0.717, 1.165) is 58.5 Å². The average Bonchev–Trinajstić information content (AvgIpc) is 3.41. The molecule has 0 spiro atoms. The summed E-state index contributed by atoms with van der Waals surface area (Å²) in [7, 11) is 2.09. The van der Waals surface area contributed by atoms with E-state index in [4.69, 9.17) is 9.72 Å². The molecule has 1 N–H and O–H groups in total. The van der Waals surface area contributed by atoms with Gasteiger partial charge in [0.05, 0.1) is 10.4 Å². The number of H-pyrrole nitrogens is 1. The van der Waals surface area contributed by atoms with Gasteiger partial charge in [-0.1, -0.05) is 24.3 Å². The molecule has 3 aromatic heterocycles. The van der Waals surface area contributed by atoms with Gasteiger partial charge in [-0.2, -0.15) is 5.10 Å². The van der Waals surface area contributed by atoms with Gasteiger partial charge in [0.1, 0.15) is 16.8 Å². The molecule has 0 unspecified atom stereocenters. The molecular weight excluding hydrogens is 410 g/mol. The van der Waals surface area contributed by atoms with E-state index in [-0.39, 0.29) is 12.1 Å². The number of benzene rings is 1. The smallest absolute Gasteiger partial charge is 0.358 e. The van der Waals surface area contributed by atoms with Gasteiger partial charge in [-0.25, -0.2) is 9.78 Å².